The molecule has 0 aliphatic carbocycles. The van der Waals surface area contributed by atoms with Crippen molar-refractivity contribution in [3.05, 3.63) is 108 Å². The molecule has 0 aliphatic rings. The van der Waals surface area contributed by atoms with Gasteiger partial charge in [-0.1, -0.05) is 66.7 Å². The Morgan fingerprint density at radius 1 is 0.818 bits per heavy atom. The van der Waals surface area contributed by atoms with Crippen LogP contribution < -0.4 is 10.0 Å². The van der Waals surface area contributed by atoms with Crippen molar-refractivity contribution in [3.63, 3.8) is 0 Å². The lowest BCUT2D eigenvalue weighted by Gasteiger charge is -2.17. The van der Waals surface area contributed by atoms with E-state index in [9.17, 15) is 18.3 Å². The van der Waals surface area contributed by atoms with Crippen molar-refractivity contribution in [2.24, 2.45) is 0 Å². The predicted molar refractivity (Wildman–Crippen MR) is 130 cm³/mol. The molecule has 4 aromatic rings. The van der Waals surface area contributed by atoms with Gasteiger partial charge in [-0.25, -0.2) is 8.42 Å². The van der Waals surface area contributed by atoms with Gasteiger partial charge in [-0.2, -0.15) is 0 Å². The number of hydrogen-bond acceptors (Lipinski definition) is 4. The van der Waals surface area contributed by atoms with Crippen molar-refractivity contribution < 1.29 is 18.3 Å². The Morgan fingerprint density at radius 2 is 1.55 bits per heavy atom. The van der Waals surface area contributed by atoms with Gasteiger partial charge in [0.05, 0.1) is 17.5 Å². The van der Waals surface area contributed by atoms with Gasteiger partial charge in [-0.05, 0) is 53.1 Å². The number of fused-ring (bicyclic) bond motifs is 1. The lowest BCUT2D eigenvalue weighted by molar-refractivity contribution is 0.0916. The minimum absolute atomic E-state index is 0.138. The largest absolute Gasteiger partial charge is 0.394 e. The average Bonchev–Trinajstić information content (AvgIpc) is 2.83. The summed E-state index contributed by atoms with van der Waals surface area (Å²) in [4.78, 5) is 12.9. The summed E-state index contributed by atoms with van der Waals surface area (Å²) in [5.41, 5.74) is 1.56. The highest BCUT2D eigenvalue weighted by molar-refractivity contribution is 7.92. The maximum absolute atomic E-state index is 12.9. The fraction of sp³-hybridized carbons (Fsp3) is 0.115. The van der Waals surface area contributed by atoms with Gasteiger partial charge < -0.3 is 10.4 Å². The molecule has 4 rings (SSSR count). The molecule has 0 unspecified atom stereocenters. The molecule has 0 aromatic heterocycles. The van der Waals surface area contributed by atoms with Crippen LogP contribution in [0.15, 0.2) is 102 Å². The molecule has 6 nitrogen and oxygen atoms in total. The summed E-state index contributed by atoms with van der Waals surface area (Å²) in [5, 5.41) is 14.3. The molecule has 1 atom stereocenters. The molecule has 0 spiro atoms. The van der Waals surface area contributed by atoms with Gasteiger partial charge in [-0.3, -0.25) is 9.52 Å². The lowest BCUT2D eigenvalue weighted by atomic mass is 10.1. The first-order chi connectivity index (χ1) is 15.9. The molecule has 0 fully saturated rings. The Hall–Kier alpha value is -3.68. The molecule has 3 N–H and O–H groups in total. The smallest absolute Gasteiger partial charge is 0.261 e. The topological polar surface area (TPSA) is 95.5 Å². The third kappa shape index (κ3) is 5.58. The number of sulfonamides is 1. The van der Waals surface area contributed by atoms with Gasteiger partial charge in [0.25, 0.3) is 15.9 Å². The van der Waals surface area contributed by atoms with Gasteiger partial charge in [0.1, 0.15) is 0 Å². The second-order valence-electron chi connectivity index (χ2n) is 7.74. The number of anilines is 1. The fourth-order valence-corrected chi connectivity index (χ4v) is 4.69. The predicted octanol–water partition coefficient (Wildman–Crippen LogP) is 3.97. The van der Waals surface area contributed by atoms with Crippen molar-refractivity contribution in [2.75, 3.05) is 11.3 Å². The molecule has 168 valence electrons. The van der Waals surface area contributed by atoms with Gasteiger partial charge in [-0.15, -0.1) is 0 Å². The number of carbonyl (C=O) groups is 1. The normalized spacial score (nSPS) is 12.3. The number of carbonyl (C=O) groups excluding carboxylic acids is 1. The number of amides is 1. The van der Waals surface area contributed by atoms with E-state index in [1.807, 2.05) is 54.6 Å². The number of aliphatic hydroxyl groups excluding tert-OH is 1. The standard InChI is InChI=1S/C26H24N2O4S/c29-18-24(15-19-7-2-1-3-8-19)27-26(30)22-11-6-12-23(16-22)28-33(31,32)25-14-13-20-9-4-5-10-21(20)17-25/h1-14,16-17,24,28-29H,15,18H2,(H,27,30)/t24-/m0/s1. The first kappa shape index (κ1) is 22.5. The molecule has 0 saturated heterocycles. The van der Waals surface area contributed by atoms with Gasteiger partial charge in [0.15, 0.2) is 0 Å². The highest BCUT2D eigenvalue weighted by atomic mass is 32.2. The third-order valence-corrected chi connectivity index (χ3v) is 6.67. The van der Waals surface area contributed by atoms with E-state index < -0.39 is 22.0 Å². The van der Waals surface area contributed by atoms with E-state index in [2.05, 4.69) is 10.0 Å². The summed E-state index contributed by atoms with van der Waals surface area (Å²) in [6.45, 7) is -0.213. The molecule has 0 saturated carbocycles. The highest BCUT2D eigenvalue weighted by Gasteiger charge is 2.17. The van der Waals surface area contributed by atoms with Crippen molar-refractivity contribution in [1.82, 2.24) is 5.32 Å². The summed E-state index contributed by atoms with van der Waals surface area (Å²) in [6, 6.07) is 27.8. The monoisotopic (exact) mass is 460 g/mol. The summed E-state index contributed by atoms with van der Waals surface area (Å²) in [7, 11) is -3.84. The van der Waals surface area contributed by atoms with Crippen LogP contribution in [-0.4, -0.2) is 32.1 Å². The first-order valence-corrected chi connectivity index (χ1v) is 12.0. The van der Waals surface area contributed by atoms with Crippen LogP contribution in [0, 0.1) is 0 Å². The van der Waals surface area contributed by atoms with E-state index >= 15 is 0 Å². The molecule has 7 heteroatoms. The minimum atomic E-state index is -3.84. The van der Waals surface area contributed by atoms with E-state index in [0.29, 0.717) is 12.0 Å². The molecule has 1 amide bonds. The number of nitrogens with one attached hydrogen (secondary N) is 2. The number of hydrogen-bond donors (Lipinski definition) is 3. The van der Waals surface area contributed by atoms with E-state index in [-0.39, 0.29) is 17.2 Å². The summed E-state index contributed by atoms with van der Waals surface area (Å²) < 4.78 is 28.4. The molecule has 0 aliphatic heterocycles. The maximum atomic E-state index is 12.9. The van der Waals surface area contributed by atoms with Crippen LogP contribution in [-0.2, 0) is 16.4 Å². The zero-order valence-electron chi connectivity index (χ0n) is 17.8. The van der Waals surface area contributed by atoms with Crippen LogP contribution in [0.3, 0.4) is 0 Å². The second kappa shape index (κ2) is 9.85. The molecule has 33 heavy (non-hydrogen) atoms. The molecule has 4 aromatic carbocycles. The summed E-state index contributed by atoms with van der Waals surface area (Å²) in [5.74, 6) is -0.392. The van der Waals surface area contributed by atoms with E-state index in [0.717, 1.165) is 16.3 Å². The first-order valence-electron chi connectivity index (χ1n) is 10.5. The number of benzene rings is 4. The van der Waals surface area contributed by atoms with Crippen molar-refractivity contribution >= 4 is 32.4 Å². The quantitative estimate of drug-likeness (QED) is 0.371. The Bertz CT molecular complexity index is 1370. The minimum Gasteiger partial charge on any atom is -0.394 e. The Kier molecular flexibility index (Phi) is 6.72. The Balaban J connectivity index is 1.48. The van der Waals surface area contributed by atoms with Crippen molar-refractivity contribution in [3.8, 4) is 0 Å². The van der Waals surface area contributed by atoms with Gasteiger partial charge in [0, 0.05) is 11.3 Å². The van der Waals surface area contributed by atoms with E-state index in [1.54, 1.807) is 36.4 Å². The van der Waals surface area contributed by atoms with E-state index in [4.69, 9.17) is 0 Å². The zero-order valence-corrected chi connectivity index (χ0v) is 18.6. The van der Waals surface area contributed by atoms with Crippen molar-refractivity contribution in [2.45, 2.75) is 17.4 Å². The molecule has 0 bridgehead atoms. The molecular weight excluding hydrogens is 436 g/mol. The van der Waals surface area contributed by atoms with Crippen molar-refractivity contribution in [1.29, 1.82) is 0 Å². The van der Waals surface area contributed by atoms with Gasteiger partial charge in [0.2, 0.25) is 0 Å². The summed E-state index contributed by atoms with van der Waals surface area (Å²) in [6.07, 6.45) is 0.483. The molecule has 0 radical (unpaired) electrons. The lowest BCUT2D eigenvalue weighted by Crippen LogP contribution is -2.39. The number of rotatable bonds is 8. The van der Waals surface area contributed by atoms with Gasteiger partial charge >= 0.3 is 0 Å². The zero-order chi connectivity index (χ0) is 23.3. The van der Waals surface area contributed by atoms with Crippen LogP contribution in [0.2, 0.25) is 0 Å². The van der Waals surface area contributed by atoms with Crippen LogP contribution in [0.5, 0.6) is 0 Å². The molecular formula is C26H24N2O4S. The number of aliphatic hydroxyl groups is 1. The Morgan fingerprint density at radius 3 is 2.30 bits per heavy atom. The average molecular weight is 461 g/mol. The van der Waals surface area contributed by atoms with Crippen LogP contribution in [0.1, 0.15) is 15.9 Å². The van der Waals surface area contributed by atoms with E-state index in [1.165, 1.54) is 6.07 Å². The summed E-state index contributed by atoms with van der Waals surface area (Å²) >= 11 is 0. The van der Waals surface area contributed by atoms with Crippen LogP contribution in [0.25, 0.3) is 10.8 Å². The Labute approximate surface area is 193 Å². The van der Waals surface area contributed by atoms with Crippen LogP contribution in [0.4, 0.5) is 5.69 Å². The third-order valence-electron chi connectivity index (χ3n) is 5.29. The van der Waals surface area contributed by atoms with Crippen LogP contribution >= 0.6 is 0 Å². The SMILES string of the molecule is O=C(N[C@H](CO)Cc1ccccc1)c1cccc(NS(=O)(=O)c2ccc3ccccc3c2)c1. The second-order valence-corrected chi connectivity index (χ2v) is 9.42. The highest BCUT2D eigenvalue weighted by Crippen LogP contribution is 2.22. The molecule has 0 heterocycles. The maximum Gasteiger partial charge on any atom is 0.261 e. The fourth-order valence-electron chi connectivity index (χ4n) is 3.60.